The van der Waals surface area contributed by atoms with Crippen molar-refractivity contribution in [2.75, 3.05) is 18.4 Å². The Morgan fingerprint density at radius 3 is 2.31 bits per heavy atom. The molecule has 148 valence electrons. The van der Waals surface area contributed by atoms with Crippen molar-refractivity contribution in [3.8, 4) is 0 Å². The third kappa shape index (κ3) is 7.49. The van der Waals surface area contributed by atoms with Gasteiger partial charge < -0.3 is 14.4 Å². The van der Waals surface area contributed by atoms with Gasteiger partial charge in [-0.3, -0.25) is 5.32 Å². The maximum atomic E-state index is 12.0. The Hall–Kier alpha value is -1.35. The van der Waals surface area contributed by atoms with Crippen LogP contribution in [0.3, 0.4) is 0 Å². The van der Waals surface area contributed by atoms with Crippen LogP contribution in [0.5, 0.6) is 0 Å². The van der Waals surface area contributed by atoms with Crippen molar-refractivity contribution in [3.05, 3.63) is 9.61 Å². The predicted molar refractivity (Wildman–Crippen MR) is 107 cm³/mol. The fourth-order valence-electron chi connectivity index (χ4n) is 2.23. The van der Waals surface area contributed by atoms with Crippen LogP contribution < -0.4 is 5.32 Å². The summed E-state index contributed by atoms with van der Waals surface area (Å²) in [5.74, 6) is 0. The van der Waals surface area contributed by atoms with Gasteiger partial charge in [0.15, 0.2) is 0 Å². The molecule has 0 unspecified atom stereocenters. The Morgan fingerprint density at radius 2 is 1.85 bits per heavy atom. The molecule has 1 aliphatic heterocycles. The zero-order valence-electron chi connectivity index (χ0n) is 16.2. The van der Waals surface area contributed by atoms with Gasteiger partial charge in [0.05, 0.1) is 5.01 Å². The molecule has 1 fully saturated rings. The van der Waals surface area contributed by atoms with Crippen molar-refractivity contribution in [3.63, 3.8) is 0 Å². The molecule has 0 bridgehead atoms. The lowest BCUT2D eigenvalue weighted by molar-refractivity contribution is 0.00794. The molecule has 0 aliphatic carbocycles. The molecule has 1 aromatic rings. The van der Waals surface area contributed by atoms with Crippen molar-refractivity contribution in [2.24, 2.45) is 0 Å². The second kappa shape index (κ2) is 10.1. The molecule has 1 aliphatic rings. The SMILES string of the molecule is CC.Cc1nc(Br)c(NC(=O)OC2CCN(C(=O)OC(C)(C)C)CC2)s1. The van der Waals surface area contributed by atoms with Crippen molar-refractivity contribution < 1.29 is 19.1 Å². The highest BCUT2D eigenvalue weighted by molar-refractivity contribution is 9.10. The lowest BCUT2D eigenvalue weighted by atomic mass is 10.1. The number of carbonyl (C=O) groups is 2. The lowest BCUT2D eigenvalue weighted by Gasteiger charge is -2.33. The molecule has 2 heterocycles. The molecular weight excluding hydrogens is 422 g/mol. The average Bonchev–Trinajstić information content (AvgIpc) is 2.85. The number of thiazole rings is 1. The summed E-state index contributed by atoms with van der Waals surface area (Å²) in [6.07, 6.45) is 0.145. The Kier molecular flexibility index (Phi) is 8.82. The van der Waals surface area contributed by atoms with Gasteiger partial charge in [-0.05, 0) is 43.6 Å². The summed E-state index contributed by atoms with van der Waals surface area (Å²) in [6, 6.07) is 0. The molecule has 1 aromatic heterocycles. The molecule has 0 aromatic carbocycles. The number of nitrogens with zero attached hydrogens (tertiary/aromatic N) is 2. The van der Waals surface area contributed by atoms with Crippen LogP contribution in [0.25, 0.3) is 0 Å². The lowest BCUT2D eigenvalue weighted by Crippen LogP contribution is -2.44. The summed E-state index contributed by atoms with van der Waals surface area (Å²) >= 11 is 4.66. The van der Waals surface area contributed by atoms with E-state index in [2.05, 4.69) is 26.2 Å². The zero-order chi connectivity index (χ0) is 19.9. The smallest absolute Gasteiger partial charge is 0.412 e. The molecule has 2 rings (SSSR count). The maximum absolute atomic E-state index is 12.0. The number of aryl methyl sites for hydroxylation is 1. The molecule has 0 radical (unpaired) electrons. The molecule has 7 nitrogen and oxygen atoms in total. The second-order valence-corrected chi connectivity index (χ2v) is 8.50. The molecule has 2 amide bonds. The number of nitrogens with one attached hydrogen (secondary N) is 1. The zero-order valence-corrected chi connectivity index (χ0v) is 18.6. The molecule has 0 spiro atoms. The minimum atomic E-state index is -0.509. The molecule has 0 saturated carbocycles. The summed E-state index contributed by atoms with van der Waals surface area (Å²) in [6.45, 7) is 12.4. The van der Waals surface area contributed by atoms with E-state index in [1.807, 2.05) is 41.5 Å². The quantitative estimate of drug-likeness (QED) is 0.671. The highest BCUT2D eigenvalue weighted by Gasteiger charge is 2.28. The van der Waals surface area contributed by atoms with E-state index in [1.165, 1.54) is 11.3 Å². The number of ether oxygens (including phenoxy) is 2. The van der Waals surface area contributed by atoms with Crippen molar-refractivity contribution in [1.82, 2.24) is 9.88 Å². The summed E-state index contributed by atoms with van der Waals surface area (Å²) in [7, 11) is 0. The number of aromatic nitrogens is 1. The van der Waals surface area contributed by atoms with Crippen LogP contribution in [0.1, 0.15) is 52.5 Å². The number of rotatable bonds is 2. The van der Waals surface area contributed by atoms with Gasteiger partial charge in [-0.25, -0.2) is 14.6 Å². The first-order valence-corrected chi connectivity index (χ1v) is 10.3. The topological polar surface area (TPSA) is 80.8 Å². The van der Waals surface area contributed by atoms with Gasteiger partial charge in [-0.15, -0.1) is 11.3 Å². The molecule has 26 heavy (non-hydrogen) atoms. The van der Waals surface area contributed by atoms with E-state index in [0.717, 1.165) is 5.01 Å². The molecule has 1 N–H and O–H groups in total. The number of hydrogen-bond acceptors (Lipinski definition) is 6. The van der Waals surface area contributed by atoms with Gasteiger partial charge >= 0.3 is 12.2 Å². The van der Waals surface area contributed by atoms with Crippen LogP contribution in [-0.2, 0) is 9.47 Å². The van der Waals surface area contributed by atoms with Gasteiger partial charge in [0.25, 0.3) is 0 Å². The van der Waals surface area contributed by atoms with Crippen LogP contribution in [0, 0.1) is 6.92 Å². The number of amides is 2. The summed E-state index contributed by atoms with van der Waals surface area (Å²) < 4.78 is 11.4. The van der Waals surface area contributed by atoms with E-state index in [9.17, 15) is 9.59 Å². The Bertz CT molecular complexity index is 608. The van der Waals surface area contributed by atoms with Crippen LogP contribution >= 0.6 is 27.3 Å². The van der Waals surface area contributed by atoms with Crippen LogP contribution in [0.2, 0.25) is 0 Å². The first-order valence-electron chi connectivity index (χ1n) is 8.72. The predicted octanol–water partition coefficient (Wildman–Crippen LogP) is 5.19. The monoisotopic (exact) mass is 449 g/mol. The van der Waals surface area contributed by atoms with Crippen LogP contribution in [-0.4, -0.2) is 46.9 Å². The summed E-state index contributed by atoms with van der Waals surface area (Å²) in [5, 5.41) is 4.16. The minimum absolute atomic E-state index is 0.212. The highest BCUT2D eigenvalue weighted by Crippen LogP contribution is 2.29. The third-order valence-electron chi connectivity index (χ3n) is 3.28. The number of anilines is 1. The number of halogens is 1. The Balaban J connectivity index is 0.00000163. The van der Waals surface area contributed by atoms with Crippen LogP contribution in [0.15, 0.2) is 4.60 Å². The fourth-order valence-corrected chi connectivity index (χ4v) is 3.66. The van der Waals surface area contributed by atoms with E-state index in [-0.39, 0.29) is 12.2 Å². The van der Waals surface area contributed by atoms with E-state index < -0.39 is 11.7 Å². The number of piperidine rings is 1. The first-order chi connectivity index (χ1) is 12.1. The van der Waals surface area contributed by atoms with Crippen molar-refractivity contribution in [2.45, 2.75) is 66.1 Å². The van der Waals surface area contributed by atoms with E-state index in [4.69, 9.17) is 9.47 Å². The number of hydrogen-bond donors (Lipinski definition) is 1. The average molecular weight is 450 g/mol. The van der Waals surface area contributed by atoms with E-state index >= 15 is 0 Å². The highest BCUT2D eigenvalue weighted by atomic mass is 79.9. The minimum Gasteiger partial charge on any atom is -0.446 e. The molecule has 1 saturated heterocycles. The van der Waals surface area contributed by atoms with Crippen molar-refractivity contribution >= 4 is 44.5 Å². The van der Waals surface area contributed by atoms with Gasteiger partial charge in [-0.2, -0.15) is 0 Å². The second-order valence-electron chi connectivity index (χ2n) is 6.55. The fraction of sp³-hybridized carbons (Fsp3) is 0.706. The number of likely N-dealkylation sites (tertiary alicyclic amines) is 1. The maximum Gasteiger partial charge on any atom is 0.412 e. The Labute approximate surface area is 167 Å². The van der Waals surface area contributed by atoms with Crippen LogP contribution in [0.4, 0.5) is 14.6 Å². The van der Waals surface area contributed by atoms with E-state index in [1.54, 1.807) is 4.90 Å². The molecule has 9 heteroatoms. The first kappa shape index (κ1) is 22.7. The third-order valence-corrected chi connectivity index (χ3v) is 5.00. The molecule has 0 atom stereocenters. The van der Waals surface area contributed by atoms with Gasteiger partial charge in [0.1, 0.15) is 21.3 Å². The van der Waals surface area contributed by atoms with Crippen molar-refractivity contribution in [1.29, 1.82) is 0 Å². The molecular formula is C17H28BrN3O4S. The summed E-state index contributed by atoms with van der Waals surface area (Å²) in [4.78, 5) is 29.8. The van der Waals surface area contributed by atoms with Gasteiger partial charge in [0.2, 0.25) is 0 Å². The normalized spacial score (nSPS) is 15.0. The summed E-state index contributed by atoms with van der Waals surface area (Å²) in [5.41, 5.74) is -0.509. The van der Waals surface area contributed by atoms with Gasteiger partial charge in [0, 0.05) is 25.9 Å². The standard InChI is InChI=1S/C15H22BrN3O4S.C2H6/c1-9-17-11(16)12(24-9)18-13(20)22-10-5-7-19(8-6-10)14(21)23-15(2,3)4;1-2/h10H,5-8H2,1-4H3,(H,18,20);1-2H3. The number of carbonyl (C=O) groups excluding carboxylic acids is 2. The van der Waals surface area contributed by atoms with Gasteiger partial charge in [-0.1, -0.05) is 13.8 Å². The Morgan fingerprint density at radius 1 is 1.27 bits per heavy atom. The van der Waals surface area contributed by atoms with E-state index in [0.29, 0.717) is 35.5 Å². The largest absolute Gasteiger partial charge is 0.446 e.